The number of nitrogens with zero attached hydrogens (tertiary/aromatic N) is 2. The van der Waals surface area contributed by atoms with Gasteiger partial charge >= 0.3 is 0 Å². The van der Waals surface area contributed by atoms with Crippen LogP contribution in [0.4, 0.5) is 0 Å². The molecule has 0 radical (unpaired) electrons. The lowest BCUT2D eigenvalue weighted by Gasteiger charge is -2.51. The minimum absolute atomic E-state index is 0.201. The average Bonchev–Trinajstić information content (AvgIpc) is 2.67. The van der Waals surface area contributed by atoms with Crippen LogP contribution in [0.1, 0.15) is 29.5 Å². The molecule has 1 spiro atoms. The summed E-state index contributed by atoms with van der Waals surface area (Å²) in [5, 5.41) is 0. The smallest absolute Gasteiger partial charge is 0.119 e. The van der Waals surface area contributed by atoms with Gasteiger partial charge < -0.3 is 4.74 Å². The van der Waals surface area contributed by atoms with Gasteiger partial charge in [-0.15, -0.1) is 0 Å². The molecule has 1 saturated heterocycles. The fraction of sp³-hybridized carbons (Fsp3) is 0.455. The number of piperidine rings is 1. The third-order valence-corrected chi connectivity index (χ3v) is 6.19. The molecule has 0 amide bonds. The van der Waals surface area contributed by atoms with Crippen molar-refractivity contribution in [3.8, 4) is 5.75 Å². The molecule has 1 fully saturated rings. The third-order valence-electron chi connectivity index (χ3n) is 6.19. The molecule has 132 valence electrons. The van der Waals surface area contributed by atoms with Gasteiger partial charge in [-0.1, -0.05) is 36.4 Å². The first kappa shape index (κ1) is 16.6. The van der Waals surface area contributed by atoms with Gasteiger partial charge in [0.2, 0.25) is 0 Å². The number of benzene rings is 2. The topological polar surface area (TPSA) is 15.7 Å². The molecule has 0 saturated carbocycles. The third kappa shape index (κ3) is 3.07. The van der Waals surface area contributed by atoms with Crippen molar-refractivity contribution in [3.63, 3.8) is 0 Å². The number of ether oxygens (including phenoxy) is 1. The van der Waals surface area contributed by atoms with Crippen LogP contribution in [-0.4, -0.2) is 43.6 Å². The zero-order chi connectivity index (χ0) is 17.3. The van der Waals surface area contributed by atoms with Crippen LogP contribution in [-0.2, 0) is 18.5 Å². The molecular formula is C22H28N2O. The Morgan fingerprint density at radius 3 is 2.48 bits per heavy atom. The van der Waals surface area contributed by atoms with Gasteiger partial charge in [0.1, 0.15) is 5.75 Å². The molecule has 0 unspecified atom stereocenters. The highest BCUT2D eigenvalue weighted by Crippen LogP contribution is 2.43. The summed E-state index contributed by atoms with van der Waals surface area (Å²) < 4.78 is 5.44. The molecule has 0 atom stereocenters. The van der Waals surface area contributed by atoms with Gasteiger partial charge in [-0.25, -0.2) is 0 Å². The number of rotatable bonds is 3. The summed E-state index contributed by atoms with van der Waals surface area (Å²) >= 11 is 0. The van der Waals surface area contributed by atoms with Crippen LogP contribution in [0.3, 0.4) is 0 Å². The van der Waals surface area contributed by atoms with Crippen molar-refractivity contribution in [3.05, 3.63) is 65.2 Å². The van der Waals surface area contributed by atoms with Crippen LogP contribution in [0.2, 0.25) is 0 Å². The molecule has 2 aliphatic heterocycles. The van der Waals surface area contributed by atoms with Gasteiger partial charge in [0.15, 0.2) is 0 Å². The predicted molar refractivity (Wildman–Crippen MR) is 102 cm³/mol. The Hall–Kier alpha value is -1.84. The van der Waals surface area contributed by atoms with E-state index in [-0.39, 0.29) is 5.54 Å². The zero-order valence-corrected chi connectivity index (χ0v) is 15.4. The van der Waals surface area contributed by atoms with Crippen LogP contribution in [0.5, 0.6) is 5.75 Å². The Morgan fingerprint density at radius 1 is 1.00 bits per heavy atom. The van der Waals surface area contributed by atoms with Crippen LogP contribution in [0, 0.1) is 0 Å². The van der Waals surface area contributed by atoms with Gasteiger partial charge in [0.05, 0.1) is 7.11 Å². The van der Waals surface area contributed by atoms with E-state index >= 15 is 0 Å². The van der Waals surface area contributed by atoms with Crippen LogP contribution >= 0.6 is 0 Å². The maximum absolute atomic E-state index is 5.44. The molecule has 25 heavy (non-hydrogen) atoms. The Morgan fingerprint density at radius 2 is 1.76 bits per heavy atom. The van der Waals surface area contributed by atoms with Crippen molar-refractivity contribution in [1.82, 2.24) is 9.80 Å². The highest BCUT2D eigenvalue weighted by Gasteiger charge is 2.42. The van der Waals surface area contributed by atoms with E-state index < -0.39 is 0 Å². The minimum atomic E-state index is 0.201. The van der Waals surface area contributed by atoms with Crippen molar-refractivity contribution in [2.75, 3.05) is 33.8 Å². The number of likely N-dealkylation sites (N-methyl/N-ethyl adjacent to an activating group) is 1. The molecule has 4 rings (SSSR count). The summed E-state index contributed by atoms with van der Waals surface area (Å²) in [5.74, 6) is 0.986. The first-order chi connectivity index (χ1) is 12.2. The average molecular weight is 336 g/mol. The summed E-state index contributed by atoms with van der Waals surface area (Å²) in [5.41, 5.74) is 4.63. The van der Waals surface area contributed by atoms with Crippen LogP contribution in [0.15, 0.2) is 48.5 Å². The van der Waals surface area contributed by atoms with E-state index in [0.717, 1.165) is 38.3 Å². The second-order valence-corrected chi connectivity index (χ2v) is 7.49. The van der Waals surface area contributed by atoms with Gasteiger partial charge in [0.25, 0.3) is 0 Å². The van der Waals surface area contributed by atoms with Crippen molar-refractivity contribution in [2.45, 2.75) is 31.3 Å². The summed E-state index contributed by atoms with van der Waals surface area (Å²) in [6.07, 6.45) is 3.53. The molecule has 2 aromatic carbocycles. The zero-order valence-electron chi connectivity index (χ0n) is 15.4. The largest absolute Gasteiger partial charge is 0.497 e. The molecule has 0 aliphatic carbocycles. The Balaban J connectivity index is 1.53. The van der Waals surface area contributed by atoms with Crippen molar-refractivity contribution >= 4 is 0 Å². The fourth-order valence-corrected chi connectivity index (χ4v) is 4.64. The lowest BCUT2D eigenvalue weighted by atomic mass is 9.74. The van der Waals surface area contributed by atoms with Crippen molar-refractivity contribution in [2.24, 2.45) is 0 Å². The molecule has 0 bridgehead atoms. The predicted octanol–water partition coefficient (Wildman–Crippen LogP) is 3.67. The summed E-state index contributed by atoms with van der Waals surface area (Å²) in [6, 6.07) is 17.5. The lowest BCUT2D eigenvalue weighted by Crippen LogP contribution is -2.54. The Kier molecular flexibility index (Phi) is 4.53. The first-order valence-electron chi connectivity index (χ1n) is 9.36. The number of likely N-dealkylation sites (tertiary alicyclic amines) is 1. The van der Waals surface area contributed by atoms with E-state index in [1.54, 1.807) is 7.11 Å². The van der Waals surface area contributed by atoms with Gasteiger partial charge in [-0.05, 0) is 55.1 Å². The van der Waals surface area contributed by atoms with Crippen LogP contribution in [0.25, 0.3) is 0 Å². The molecule has 0 N–H and O–H groups in total. The van der Waals surface area contributed by atoms with Gasteiger partial charge in [-0.2, -0.15) is 0 Å². The fourth-order valence-electron chi connectivity index (χ4n) is 4.64. The number of fused-ring (bicyclic) bond motifs is 2. The highest BCUT2D eigenvalue weighted by atomic mass is 16.5. The van der Waals surface area contributed by atoms with E-state index in [0.29, 0.717) is 0 Å². The number of hydrogen-bond donors (Lipinski definition) is 0. The first-order valence-corrected chi connectivity index (χ1v) is 9.36. The normalized spacial score (nSPS) is 20.4. The summed E-state index contributed by atoms with van der Waals surface area (Å²) in [4.78, 5) is 5.20. The van der Waals surface area contributed by atoms with Gasteiger partial charge in [0, 0.05) is 31.7 Å². The van der Waals surface area contributed by atoms with E-state index in [4.69, 9.17) is 4.74 Å². The second kappa shape index (κ2) is 6.81. The molecule has 2 aromatic rings. The Bertz CT molecular complexity index is 720. The highest BCUT2D eigenvalue weighted by molar-refractivity contribution is 5.42. The van der Waals surface area contributed by atoms with E-state index in [1.807, 2.05) is 0 Å². The van der Waals surface area contributed by atoms with E-state index in [9.17, 15) is 0 Å². The standard InChI is InChI=1S/C22H28N2O/c1-23-13-10-19-16-20(25-2)8-9-21(19)22(23)11-14-24(15-12-22)17-18-6-4-3-5-7-18/h3-9,16H,10-15,17H2,1-2H3. The summed E-state index contributed by atoms with van der Waals surface area (Å²) in [7, 11) is 4.06. The number of hydrogen-bond acceptors (Lipinski definition) is 3. The second-order valence-electron chi connectivity index (χ2n) is 7.49. The SMILES string of the molecule is COc1ccc2c(c1)CCN(C)C21CCN(Cc2ccccc2)CC1. The molecule has 0 aromatic heterocycles. The minimum Gasteiger partial charge on any atom is -0.497 e. The number of methoxy groups -OCH3 is 1. The van der Waals surface area contributed by atoms with E-state index in [1.165, 1.54) is 29.5 Å². The molecule has 2 aliphatic rings. The van der Waals surface area contributed by atoms with Crippen molar-refractivity contribution in [1.29, 1.82) is 0 Å². The molecule has 3 heteroatoms. The van der Waals surface area contributed by atoms with E-state index in [2.05, 4.69) is 65.4 Å². The lowest BCUT2D eigenvalue weighted by molar-refractivity contribution is 0.0254. The van der Waals surface area contributed by atoms with Crippen LogP contribution < -0.4 is 4.74 Å². The van der Waals surface area contributed by atoms with Gasteiger partial charge in [-0.3, -0.25) is 9.80 Å². The molecule has 3 nitrogen and oxygen atoms in total. The monoisotopic (exact) mass is 336 g/mol. The quantitative estimate of drug-likeness (QED) is 0.850. The maximum atomic E-state index is 5.44. The Labute approximate surface area is 151 Å². The summed E-state index contributed by atoms with van der Waals surface area (Å²) in [6.45, 7) is 4.52. The maximum Gasteiger partial charge on any atom is 0.119 e. The molecule has 2 heterocycles. The molecular weight excluding hydrogens is 308 g/mol. The van der Waals surface area contributed by atoms with Crippen molar-refractivity contribution < 1.29 is 4.74 Å².